The maximum Gasteiger partial charge on any atom is 0.257 e. The highest BCUT2D eigenvalue weighted by Gasteiger charge is 2.15. The molecule has 0 aliphatic rings. The molecule has 0 fully saturated rings. The van der Waals surface area contributed by atoms with Gasteiger partial charge in [0.15, 0.2) is 0 Å². The molecule has 0 aliphatic carbocycles. The van der Waals surface area contributed by atoms with E-state index in [4.69, 9.17) is 23.2 Å². The van der Waals surface area contributed by atoms with Crippen LogP contribution in [0.2, 0.25) is 10.2 Å². The lowest BCUT2D eigenvalue weighted by atomic mass is 10.1. The Morgan fingerprint density at radius 1 is 1.37 bits per heavy atom. The van der Waals surface area contributed by atoms with Crippen molar-refractivity contribution in [1.29, 1.82) is 0 Å². The summed E-state index contributed by atoms with van der Waals surface area (Å²) in [5.74, 6) is -1.05. The number of nitrogens with zero attached hydrogens (tertiary/aromatic N) is 1. The number of aromatic nitrogens is 1. The zero-order valence-corrected chi connectivity index (χ0v) is 11.4. The number of benzene rings is 1. The van der Waals surface area contributed by atoms with Gasteiger partial charge in [-0.2, -0.15) is 0 Å². The van der Waals surface area contributed by atoms with Gasteiger partial charge in [0, 0.05) is 6.20 Å². The minimum absolute atomic E-state index is 0.122. The topological polar surface area (TPSA) is 42.0 Å². The van der Waals surface area contributed by atoms with E-state index in [0.717, 1.165) is 0 Å². The van der Waals surface area contributed by atoms with Gasteiger partial charge in [-0.05, 0) is 24.6 Å². The van der Waals surface area contributed by atoms with Gasteiger partial charge < -0.3 is 5.32 Å². The Morgan fingerprint density at radius 2 is 2.11 bits per heavy atom. The number of hydrogen-bond donors (Lipinski definition) is 1. The summed E-state index contributed by atoms with van der Waals surface area (Å²) in [5.41, 5.74) is 0.880. The third-order valence-electron chi connectivity index (χ3n) is 2.53. The molecule has 0 bridgehead atoms. The number of halogens is 3. The summed E-state index contributed by atoms with van der Waals surface area (Å²) >= 11 is 11.6. The summed E-state index contributed by atoms with van der Waals surface area (Å²) in [5, 5.41) is 2.77. The van der Waals surface area contributed by atoms with Gasteiger partial charge in [-0.1, -0.05) is 35.3 Å². The molecule has 1 aromatic heterocycles. The van der Waals surface area contributed by atoms with Crippen LogP contribution < -0.4 is 5.32 Å². The van der Waals surface area contributed by atoms with E-state index in [2.05, 4.69) is 10.3 Å². The van der Waals surface area contributed by atoms with Crippen LogP contribution in [0.3, 0.4) is 0 Å². The fourth-order valence-corrected chi connectivity index (χ4v) is 1.91. The Morgan fingerprint density at radius 3 is 2.79 bits per heavy atom. The molecule has 2 aromatic rings. The number of anilines is 1. The van der Waals surface area contributed by atoms with Crippen molar-refractivity contribution in [3.63, 3.8) is 0 Å². The molecule has 3 nitrogen and oxygen atoms in total. The molecule has 0 saturated heterocycles. The molecule has 1 amide bonds. The minimum atomic E-state index is -0.539. The van der Waals surface area contributed by atoms with Crippen LogP contribution in [0.1, 0.15) is 15.9 Å². The molecular formula is C13H9Cl2FN2O. The first kappa shape index (κ1) is 13.8. The predicted octanol–water partition coefficient (Wildman–Crippen LogP) is 4.09. The van der Waals surface area contributed by atoms with Gasteiger partial charge in [0.1, 0.15) is 11.0 Å². The number of amides is 1. The van der Waals surface area contributed by atoms with Gasteiger partial charge in [0.2, 0.25) is 0 Å². The SMILES string of the molecule is Cc1cccc(F)c1NC(=O)c1cc(Cl)ncc1Cl. The molecule has 0 spiro atoms. The van der Waals surface area contributed by atoms with Crippen LogP contribution >= 0.6 is 23.2 Å². The van der Waals surface area contributed by atoms with Crippen LogP contribution in [0.4, 0.5) is 10.1 Å². The van der Waals surface area contributed by atoms with E-state index in [1.807, 2.05) is 0 Å². The van der Waals surface area contributed by atoms with Crippen LogP contribution in [0.5, 0.6) is 0 Å². The Bertz CT molecular complexity index is 626. The molecule has 19 heavy (non-hydrogen) atoms. The number of nitrogens with one attached hydrogen (secondary N) is 1. The zero-order valence-electron chi connectivity index (χ0n) is 9.88. The number of hydrogen-bond acceptors (Lipinski definition) is 2. The Balaban J connectivity index is 2.34. The lowest BCUT2D eigenvalue weighted by molar-refractivity contribution is 0.102. The summed E-state index contributed by atoms with van der Waals surface area (Å²) in [4.78, 5) is 15.8. The number of aryl methyl sites for hydroxylation is 1. The van der Waals surface area contributed by atoms with E-state index in [1.165, 1.54) is 18.3 Å². The number of carbonyl (C=O) groups excluding carboxylic acids is 1. The van der Waals surface area contributed by atoms with Crippen molar-refractivity contribution >= 4 is 34.8 Å². The second kappa shape index (κ2) is 5.55. The summed E-state index contributed by atoms with van der Waals surface area (Å²) < 4.78 is 13.6. The highest BCUT2D eigenvalue weighted by molar-refractivity contribution is 6.35. The molecule has 0 radical (unpaired) electrons. The molecule has 1 aromatic carbocycles. The van der Waals surface area contributed by atoms with Crippen molar-refractivity contribution in [2.24, 2.45) is 0 Å². The van der Waals surface area contributed by atoms with Gasteiger partial charge in [0.25, 0.3) is 5.91 Å². The smallest absolute Gasteiger partial charge is 0.257 e. The highest BCUT2D eigenvalue weighted by Crippen LogP contribution is 2.23. The monoisotopic (exact) mass is 298 g/mol. The van der Waals surface area contributed by atoms with Crippen molar-refractivity contribution in [2.75, 3.05) is 5.32 Å². The van der Waals surface area contributed by atoms with Gasteiger partial charge in [-0.15, -0.1) is 0 Å². The molecule has 1 heterocycles. The second-order valence-corrected chi connectivity index (χ2v) is 4.67. The standard InChI is InChI=1S/C13H9Cl2FN2O/c1-7-3-2-4-10(16)12(7)18-13(19)8-5-11(15)17-6-9(8)14/h2-6H,1H3,(H,18,19). The first-order valence-corrected chi connectivity index (χ1v) is 6.12. The van der Waals surface area contributed by atoms with E-state index in [0.29, 0.717) is 5.56 Å². The zero-order chi connectivity index (χ0) is 14.0. The van der Waals surface area contributed by atoms with Gasteiger partial charge in [-0.3, -0.25) is 4.79 Å². The molecule has 2 rings (SSSR count). The first-order valence-electron chi connectivity index (χ1n) is 5.36. The maximum atomic E-state index is 13.6. The average Bonchev–Trinajstić information content (AvgIpc) is 2.37. The third kappa shape index (κ3) is 3.03. The molecule has 98 valence electrons. The largest absolute Gasteiger partial charge is 0.319 e. The fraction of sp³-hybridized carbons (Fsp3) is 0.0769. The second-order valence-electron chi connectivity index (χ2n) is 3.87. The van der Waals surface area contributed by atoms with E-state index < -0.39 is 11.7 Å². The first-order chi connectivity index (χ1) is 8.99. The van der Waals surface area contributed by atoms with E-state index >= 15 is 0 Å². The predicted molar refractivity (Wildman–Crippen MR) is 73.3 cm³/mol. The molecule has 0 unspecified atom stereocenters. The average molecular weight is 299 g/mol. The van der Waals surface area contributed by atoms with Crippen molar-refractivity contribution in [2.45, 2.75) is 6.92 Å². The molecular weight excluding hydrogens is 290 g/mol. The van der Waals surface area contributed by atoms with E-state index in [1.54, 1.807) is 19.1 Å². The molecule has 6 heteroatoms. The summed E-state index contributed by atoms with van der Waals surface area (Å²) in [6.07, 6.45) is 1.27. The van der Waals surface area contributed by atoms with E-state index in [-0.39, 0.29) is 21.4 Å². The molecule has 0 aliphatic heterocycles. The Labute approximate surface area is 119 Å². The molecule has 0 saturated carbocycles. The quantitative estimate of drug-likeness (QED) is 0.849. The van der Waals surface area contributed by atoms with Gasteiger partial charge in [-0.25, -0.2) is 9.37 Å². The van der Waals surface area contributed by atoms with Crippen molar-refractivity contribution in [1.82, 2.24) is 4.98 Å². The van der Waals surface area contributed by atoms with Crippen molar-refractivity contribution in [3.8, 4) is 0 Å². The van der Waals surface area contributed by atoms with Crippen molar-refractivity contribution in [3.05, 3.63) is 57.6 Å². The van der Waals surface area contributed by atoms with Gasteiger partial charge >= 0.3 is 0 Å². The number of carbonyl (C=O) groups is 1. The Hall–Kier alpha value is -1.65. The lowest BCUT2D eigenvalue weighted by Crippen LogP contribution is -2.14. The normalized spacial score (nSPS) is 10.3. The molecule has 1 N–H and O–H groups in total. The van der Waals surface area contributed by atoms with Crippen LogP contribution in [0.25, 0.3) is 0 Å². The maximum absolute atomic E-state index is 13.6. The van der Waals surface area contributed by atoms with Gasteiger partial charge in [0.05, 0.1) is 16.3 Å². The van der Waals surface area contributed by atoms with Crippen LogP contribution in [-0.4, -0.2) is 10.9 Å². The van der Waals surface area contributed by atoms with E-state index in [9.17, 15) is 9.18 Å². The van der Waals surface area contributed by atoms with Crippen LogP contribution in [-0.2, 0) is 0 Å². The number of pyridine rings is 1. The summed E-state index contributed by atoms with van der Waals surface area (Å²) in [6, 6.07) is 5.86. The third-order valence-corrected chi connectivity index (χ3v) is 3.03. The number of rotatable bonds is 2. The Kier molecular flexibility index (Phi) is 4.02. The van der Waals surface area contributed by atoms with Crippen molar-refractivity contribution < 1.29 is 9.18 Å². The summed E-state index contributed by atoms with van der Waals surface area (Å²) in [7, 11) is 0. The lowest BCUT2D eigenvalue weighted by Gasteiger charge is -2.10. The number of para-hydroxylation sites is 1. The van der Waals surface area contributed by atoms with Crippen LogP contribution in [0.15, 0.2) is 30.5 Å². The molecule has 0 atom stereocenters. The summed E-state index contributed by atoms with van der Waals surface area (Å²) in [6.45, 7) is 1.69. The fourth-order valence-electron chi connectivity index (χ4n) is 1.56. The van der Waals surface area contributed by atoms with Crippen LogP contribution in [0, 0.1) is 12.7 Å². The highest BCUT2D eigenvalue weighted by atomic mass is 35.5. The minimum Gasteiger partial charge on any atom is -0.319 e.